The Hall–Kier alpha value is -2.09. The minimum Gasteiger partial charge on any atom is -0.496 e. The molecular formula is C16H17ClN2O4S. The first-order chi connectivity index (χ1) is 11.3. The summed E-state index contributed by atoms with van der Waals surface area (Å²) in [5, 5.41) is 2.67. The lowest BCUT2D eigenvalue weighted by Gasteiger charge is -2.11. The molecule has 0 fully saturated rings. The van der Waals surface area contributed by atoms with E-state index in [-0.39, 0.29) is 22.4 Å². The first-order valence-corrected chi connectivity index (χ1v) is 8.88. The molecule has 8 heteroatoms. The standard InChI is InChI=1S/C16H17ClN2O4S/c1-11(20)19-15-8-7-13(9-14(15)17)24(21,22)18-10-12-5-3-4-6-16(12)23-2/h3-9,18H,10H2,1-2H3,(H,19,20). The molecule has 0 atom stereocenters. The van der Waals surface area contributed by atoms with Gasteiger partial charge in [-0.05, 0) is 24.3 Å². The number of carbonyl (C=O) groups is 1. The average Bonchev–Trinajstić information content (AvgIpc) is 2.54. The van der Waals surface area contributed by atoms with E-state index in [9.17, 15) is 13.2 Å². The van der Waals surface area contributed by atoms with Crippen LogP contribution in [0.4, 0.5) is 5.69 Å². The molecule has 2 N–H and O–H groups in total. The van der Waals surface area contributed by atoms with Crippen molar-refractivity contribution in [3.63, 3.8) is 0 Å². The maximum atomic E-state index is 12.4. The summed E-state index contributed by atoms with van der Waals surface area (Å²) in [6.45, 7) is 1.42. The van der Waals surface area contributed by atoms with Gasteiger partial charge in [0.1, 0.15) is 5.75 Å². The predicted molar refractivity (Wildman–Crippen MR) is 92.8 cm³/mol. The van der Waals surface area contributed by atoms with Crippen LogP contribution in [0.15, 0.2) is 47.4 Å². The molecule has 0 heterocycles. The second-order valence-electron chi connectivity index (χ2n) is 4.96. The topological polar surface area (TPSA) is 84.5 Å². The molecule has 0 aliphatic carbocycles. The van der Waals surface area contributed by atoms with Gasteiger partial charge in [0, 0.05) is 19.0 Å². The van der Waals surface area contributed by atoms with Gasteiger partial charge in [-0.25, -0.2) is 13.1 Å². The monoisotopic (exact) mass is 368 g/mol. The number of anilines is 1. The van der Waals surface area contributed by atoms with Crippen LogP contribution in [0.3, 0.4) is 0 Å². The lowest BCUT2D eigenvalue weighted by atomic mass is 10.2. The Bertz CT molecular complexity index is 853. The Morgan fingerprint density at radius 2 is 1.92 bits per heavy atom. The maximum absolute atomic E-state index is 12.4. The van der Waals surface area contributed by atoms with Gasteiger partial charge in [-0.15, -0.1) is 0 Å². The molecule has 2 aromatic rings. The molecule has 0 saturated carbocycles. The molecule has 0 radical (unpaired) electrons. The summed E-state index contributed by atoms with van der Waals surface area (Å²) in [5.74, 6) is 0.307. The second-order valence-corrected chi connectivity index (χ2v) is 7.13. The number of amides is 1. The van der Waals surface area contributed by atoms with Crippen LogP contribution in [0.25, 0.3) is 0 Å². The molecule has 0 unspecified atom stereocenters. The number of methoxy groups -OCH3 is 1. The third kappa shape index (κ3) is 4.47. The van der Waals surface area contributed by atoms with Gasteiger partial charge in [0.05, 0.1) is 22.7 Å². The molecule has 0 spiro atoms. The van der Waals surface area contributed by atoms with Gasteiger partial charge >= 0.3 is 0 Å². The molecule has 0 aliphatic heterocycles. The Labute approximate surface area is 145 Å². The van der Waals surface area contributed by atoms with Crippen molar-refractivity contribution in [2.24, 2.45) is 0 Å². The fraction of sp³-hybridized carbons (Fsp3) is 0.188. The van der Waals surface area contributed by atoms with Crippen LogP contribution in [0.1, 0.15) is 12.5 Å². The summed E-state index contributed by atoms with van der Waals surface area (Å²) >= 11 is 6.02. The Morgan fingerprint density at radius 3 is 2.54 bits per heavy atom. The first-order valence-electron chi connectivity index (χ1n) is 7.02. The fourth-order valence-electron chi connectivity index (χ4n) is 2.06. The number of para-hydroxylation sites is 1. The van der Waals surface area contributed by atoms with Crippen molar-refractivity contribution in [1.82, 2.24) is 4.72 Å². The number of carbonyl (C=O) groups excluding carboxylic acids is 1. The van der Waals surface area contributed by atoms with Crippen LogP contribution >= 0.6 is 11.6 Å². The summed E-state index contributed by atoms with van der Waals surface area (Å²) in [6, 6.07) is 11.2. The van der Waals surface area contributed by atoms with Crippen molar-refractivity contribution in [1.29, 1.82) is 0 Å². The minimum atomic E-state index is -3.75. The van der Waals surface area contributed by atoms with E-state index in [0.29, 0.717) is 17.0 Å². The number of sulfonamides is 1. The summed E-state index contributed by atoms with van der Waals surface area (Å²) in [7, 11) is -2.23. The van der Waals surface area contributed by atoms with Gasteiger partial charge in [0.25, 0.3) is 0 Å². The molecule has 0 aliphatic rings. The summed E-state index contributed by atoms with van der Waals surface area (Å²) in [6.07, 6.45) is 0. The highest BCUT2D eigenvalue weighted by atomic mass is 35.5. The molecule has 0 saturated heterocycles. The van der Waals surface area contributed by atoms with Crippen LogP contribution in [0.5, 0.6) is 5.75 Å². The SMILES string of the molecule is COc1ccccc1CNS(=O)(=O)c1ccc(NC(C)=O)c(Cl)c1. The van der Waals surface area contributed by atoms with Gasteiger partial charge in [-0.1, -0.05) is 29.8 Å². The number of hydrogen-bond donors (Lipinski definition) is 2. The normalized spacial score (nSPS) is 11.1. The first kappa shape index (κ1) is 18.3. The van der Waals surface area contributed by atoms with Crippen molar-refractivity contribution in [3.05, 3.63) is 53.1 Å². The van der Waals surface area contributed by atoms with Crippen LogP contribution in [0, 0.1) is 0 Å². The Kier molecular flexibility index (Phi) is 5.82. The summed E-state index contributed by atoms with van der Waals surface area (Å²) < 4.78 is 32.5. The number of benzene rings is 2. The molecular weight excluding hydrogens is 352 g/mol. The van der Waals surface area contributed by atoms with Gasteiger partial charge < -0.3 is 10.1 Å². The van der Waals surface area contributed by atoms with Crippen molar-refractivity contribution in [2.45, 2.75) is 18.4 Å². The summed E-state index contributed by atoms with van der Waals surface area (Å²) in [4.78, 5) is 11.1. The number of ether oxygens (including phenoxy) is 1. The average molecular weight is 369 g/mol. The second kappa shape index (κ2) is 7.65. The van der Waals surface area contributed by atoms with Crippen molar-refractivity contribution >= 4 is 33.2 Å². The molecule has 0 bridgehead atoms. The molecule has 1 amide bonds. The quantitative estimate of drug-likeness (QED) is 0.821. The van der Waals surface area contributed by atoms with Gasteiger partial charge in [-0.3, -0.25) is 4.79 Å². The minimum absolute atomic E-state index is 0.0106. The number of hydrogen-bond acceptors (Lipinski definition) is 4. The Balaban J connectivity index is 2.18. The number of rotatable bonds is 6. The highest BCUT2D eigenvalue weighted by molar-refractivity contribution is 7.89. The lowest BCUT2D eigenvalue weighted by Crippen LogP contribution is -2.23. The largest absolute Gasteiger partial charge is 0.496 e. The highest BCUT2D eigenvalue weighted by Crippen LogP contribution is 2.25. The van der Waals surface area contributed by atoms with E-state index < -0.39 is 10.0 Å². The fourth-order valence-corrected chi connectivity index (χ4v) is 3.38. The van der Waals surface area contributed by atoms with E-state index >= 15 is 0 Å². The third-order valence-corrected chi connectivity index (χ3v) is 4.92. The molecule has 128 valence electrons. The van der Waals surface area contributed by atoms with Crippen LogP contribution < -0.4 is 14.8 Å². The number of halogens is 1. The van der Waals surface area contributed by atoms with E-state index in [1.165, 1.54) is 32.2 Å². The van der Waals surface area contributed by atoms with Crippen LogP contribution in [0.2, 0.25) is 5.02 Å². The van der Waals surface area contributed by atoms with E-state index in [1.54, 1.807) is 24.3 Å². The van der Waals surface area contributed by atoms with Crippen LogP contribution in [-0.2, 0) is 21.4 Å². The van der Waals surface area contributed by atoms with Crippen LogP contribution in [-0.4, -0.2) is 21.4 Å². The van der Waals surface area contributed by atoms with E-state index in [2.05, 4.69) is 10.0 Å². The zero-order valence-electron chi connectivity index (χ0n) is 13.2. The number of nitrogens with one attached hydrogen (secondary N) is 2. The third-order valence-electron chi connectivity index (χ3n) is 3.21. The molecule has 6 nitrogen and oxygen atoms in total. The van der Waals surface area contributed by atoms with E-state index in [1.807, 2.05) is 0 Å². The molecule has 2 rings (SSSR count). The molecule has 0 aromatic heterocycles. The van der Waals surface area contributed by atoms with E-state index in [0.717, 1.165) is 0 Å². The maximum Gasteiger partial charge on any atom is 0.240 e. The van der Waals surface area contributed by atoms with Gasteiger partial charge in [-0.2, -0.15) is 0 Å². The Morgan fingerprint density at radius 1 is 1.21 bits per heavy atom. The van der Waals surface area contributed by atoms with Gasteiger partial charge in [0.2, 0.25) is 15.9 Å². The molecule has 2 aromatic carbocycles. The van der Waals surface area contributed by atoms with Gasteiger partial charge in [0.15, 0.2) is 0 Å². The van der Waals surface area contributed by atoms with Crippen molar-refractivity contribution < 1.29 is 17.9 Å². The smallest absolute Gasteiger partial charge is 0.240 e. The van der Waals surface area contributed by atoms with E-state index in [4.69, 9.17) is 16.3 Å². The predicted octanol–water partition coefficient (Wildman–Crippen LogP) is 2.79. The van der Waals surface area contributed by atoms with Crippen molar-refractivity contribution in [2.75, 3.05) is 12.4 Å². The highest BCUT2D eigenvalue weighted by Gasteiger charge is 2.16. The zero-order valence-corrected chi connectivity index (χ0v) is 14.7. The zero-order chi connectivity index (χ0) is 17.7. The lowest BCUT2D eigenvalue weighted by molar-refractivity contribution is -0.114. The van der Waals surface area contributed by atoms with Crippen molar-refractivity contribution in [3.8, 4) is 5.75 Å². The summed E-state index contributed by atoms with van der Waals surface area (Å²) in [5.41, 5.74) is 1.07. The molecule has 24 heavy (non-hydrogen) atoms.